The Hall–Kier alpha value is 0.150. The van der Waals surface area contributed by atoms with Crippen molar-refractivity contribution in [1.82, 2.24) is 0 Å². The third kappa shape index (κ3) is 2.46. The van der Waals surface area contributed by atoms with Crippen molar-refractivity contribution < 1.29 is 43.0 Å². The minimum absolute atomic E-state index is 2.00. The van der Waals surface area contributed by atoms with Crippen LogP contribution in [0.3, 0.4) is 0 Å². The maximum atomic E-state index is 11.0. The van der Waals surface area contributed by atoms with Crippen molar-refractivity contribution in [2.75, 3.05) is 0 Å². The van der Waals surface area contributed by atoms with Crippen molar-refractivity contribution in [3.63, 3.8) is 0 Å². The molecule has 0 aromatic carbocycles. The van der Waals surface area contributed by atoms with Crippen LogP contribution in [0.25, 0.3) is 0 Å². The van der Waals surface area contributed by atoms with Crippen LogP contribution in [0.15, 0.2) is 0 Å². The Bertz CT molecular complexity index is 97.9. The van der Waals surface area contributed by atoms with Crippen LogP contribution >= 0.6 is 0 Å². The van der Waals surface area contributed by atoms with E-state index in [1.807, 2.05) is 0 Å². The van der Waals surface area contributed by atoms with E-state index in [1.54, 1.807) is 0 Å². The van der Waals surface area contributed by atoms with Crippen molar-refractivity contribution in [1.29, 1.82) is 0 Å². The summed E-state index contributed by atoms with van der Waals surface area (Å²) in [5.74, 6) is 0. The molecule has 0 heterocycles. The zero-order valence-electron chi connectivity index (χ0n) is 3.37. The zero-order valence-corrected chi connectivity index (χ0v) is 5.52. The molecule has 0 aromatic rings. The Kier molecular flexibility index (Phi) is 2.67. The average molecular weight is 241 g/mol. The first-order valence-corrected chi connectivity index (χ1v) is 3.42. The summed E-state index contributed by atoms with van der Waals surface area (Å²) in [4.78, 5) is 9.51. The summed E-state index contributed by atoms with van der Waals surface area (Å²) < 4.78 is 38.6. The van der Waals surface area contributed by atoms with Crippen molar-refractivity contribution in [2.24, 2.45) is 0 Å². The monoisotopic (exact) mass is 241 g/mol. The Labute approximate surface area is 53.5 Å². The molecule has 0 bridgehead atoms. The normalized spacial score (nSPS) is 12.0. The van der Waals surface area contributed by atoms with E-state index in [0.29, 0.717) is 0 Å². The molecule has 0 fully saturated rings. The van der Waals surface area contributed by atoms with E-state index >= 15 is 0 Å². The molecule has 2 nitrogen and oxygen atoms in total. The van der Waals surface area contributed by atoms with E-state index in [4.69, 9.17) is 3.44 Å². The number of carbonyl (C=O) groups excluding carboxylic acids is 1. The van der Waals surface area contributed by atoms with Crippen molar-refractivity contribution in [2.45, 2.75) is 6.18 Å². The van der Waals surface area contributed by atoms with Crippen LogP contribution < -0.4 is 21.6 Å². The molecule has 0 aliphatic heterocycles. The second kappa shape index (κ2) is 2.62. The van der Waals surface area contributed by atoms with Crippen LogP contribution in [0, 0.1) is 0 Å². The summed E-state index contributed by atoms with van der Waals surface area (Å²) >= 11 is -2.31. The van der Waals surface area contributed by atoms with Gasteiger partial charge in [-0.1, -0.05) is 0 Å². The van der Waals surface area contributed by atoms with Gasteiger partial charge in [-0.2, -0.15) is 0 Å². The van der Waals surface area contributed by atoms with Gasteiger partial charge >= 0.3 is 53.0 Å². The van der Waals surface area contributed by atoms with Crippen molar-refractivity contribution >= 4 is 3.79 Å². The third-order valence-corrected chi connectivity index (χ3v) is 1.35. The summed E-state index contributed by atoms with van der Waals surface area (Å²) in [6.45, 7) is 0. The molecule has 0 aromatic heterocycles. The number of halogens is 4. The Morgan fingerprint density at radius 2 is 1.88 bits per heavy atom. The molecular formula is C2HF3IO2-. The van der Waals surface area contributed by atoms with Gasteiger partial charge in [0.1, 0.15) is 0 Å². The van der Waals surface area contributed by atoms with Gasteiger partial charge in [-0.05, 0) is 0 Å². The fourth-order valence-corrected chi connectivity index (χ4v) is 0.321. The van der Waals surface area contributed by atoms with Crippen LogP contribution in [0.4, 0.5) is 13.2 Å². The number of carbonyl (C=O) groups is 1. The average Bonchev–Trinajstić information content (AvgIpc) is 1.62. The summed E-state index contributed by atoms with van der Waals surface area (Å²) in [7, 11) is 0. The molecule has 0 radical (unpaired) electrons. The van der Waals surface area contributed by atoms with E-state index in [0.717, 1.165) is 0 Å². The van der Waals surface area contributed by atoms with Crippen LogP contribution in [-0.2, 0) is 4.79 Å². The molecule has 8 heavy (non-hydrogen) atoms. The second-order valence-electron chi connectivity index (χ2n) is 0.856. The quantitative estimate of drug-likeness (QED) is 0.394. The number of rotatable bonds is 1. The predicted octanol–water partition coefficient (Wildman–Crippen LogP) is -2.93. The molecule has 0 aliphatic carbocycles. The topological polar surface area (TPSA) is 37.3 Å². The van der Waals surface area contributed by atoms with E-state index in [2.05, 4.69) is 0 Å². The SMILES string of the molecule is O=C([I-]O)C(F)(F)F. The molecule has 0 rings (SSSR count). The van der Waals surface area contributed by atoms with Gasteiger partial charge in [0.2, 0.25) is 0 Å². The molecule has 0 unspecified atom stereocenters. The first kappa shape index (κ1) is 8.15. The molecular weight excluding hydrogens is 240 g/mol. The predicted molar refractivity (Wildman–Crippen MR) is 13.3 cm³/mol. The summed E-state index contributed by atoms with van der Waals surface area (Å²) in [5.41, 5.74) is 0. The molecule has 50 valence electrons. The van der Waals surface area contributed by atoms with Gasteiger partial charge in [-0.3, -0.25) is 0 Å². The van der Waals surface area contributed by atoms with Crippen molar-refractivity contribution in [3.05, 3.63) is 0 Å². The molecule has 0 saturated heterocycles. The van der Waals surface area contributed by atoms with E-state index in [-0.39, 0.29) is 0 Å². The number of alkyl halides is 3. The van der Waals surface area contributed by atoms with Gasteiger partial charge in [0.15, 0.2) is 0 Å². The molecule has 0 saturated carbocycles. The third-order valence-electron chi connectivity index (χ3n) is 0.300. The minimum atomic E-state index is -4.83. The molecule has 6 heteroatoms. The van der Waals surface area contributed by atoms with Gasteiger partial charge < -0.3 is 0 Å². The van der Waals surface area contributed by atoms with E-state index in [1.165, 1.54) is 0 Å². The van der Waals surface area contributed by atoms with Gasteiger partial charge in [0.25, 0.3) is 0 Å². The van der Waals surface area contributed by atoms with Crippen molar-refractivity contribution in [3.8, 4) is 0 Å². The Morgan fingerprint density at radius 3 is 1.88 bits per heavy atom. The fourth-order valence-electron chi connectivity index (χ4n) is 0.0479. The Balaban J connectivity index is 3.82. The first-order chi connectivity index (χ1) is 3.48. The van der Waals surface area contributed by atoms with Gasteiger partial charge in [-0.15, -0.1) is 0 Å². The zero-order chi connectivity index (χ0) is 6.78. The molecule has 1 N–H and O–H groups in total. The fraction of sp³-hybridized carbons (Fsp3) is 0.500. The summed E-state index contributed by atoms with van der Waals surface area (Å²) in [6.07, 6.45) is -4.83. The van der Waals surface area contributed by atoms with E-state index < -0.39 is 31.6 Å². The van der Waals surface area contributed by atoms with Gasteiger partial charge in [0, 0.05) is 0 Å². The van der Waals surface area contributed by atoms with E-state index in [9.17, 15) is 18.0 Å². The number of hydrogen-bond acceptors (Lipinski definition) is 2. The maximum absolute atomic E-state index is 11.0. The van der Waals surface area contributed by atoms with Gasteiger partial charge in [-0.25, -0.2) is 0 Å². The van der Waals surface area contributed by atoms with Crippen LogP contribution in [0.5, 0.6) is 0 Å². The molecule has 0 aliphatic rings. The van der Waals surface area contributed by atoms with Crippen LogP contribution in [0.2, 0.25) is 0 Å². The molecule has 0 spiro atoms. The van der Waals surface area contributed by atoms with Crippen LogP contribution in [-0.4, -0.2) is 13.4 Å². The van der Waals surface area contributed by atoms with Gasteiger partial charge in [0.05, 0.1) is 0 Å². The summed E-state index contributed by atoms with van der Waals surface area (Å²) in [5, 5.41) is 0. The molecule has 0 atom stereocenters. The number of hydrogen-bond donors (Lipinski definition) is 1. The Morgan fingerprint density at radius 1 is 1.50 bits per heavy atom. The summed E-state index contributed by atoms with van der Waals surface area (Å²) in [6, 6.07) is 0. The second-order valence-corrected chi connectivity index (χ2v) is 2.32. The first-order valence-electron chi connectivity index (χ1n) is 1.38. The molecule has 0 amide bonds. The standard InChI is InChI=1S/C2HF3IO2/c3-2(4,5)1(7)6-8/h8H/q-1. The van der Waals surface area contributed by atoms with Crippen LogP contribution in [0.1, 0.15) is 0 Å².